The molecule has 3 rings (SSSR count). The van der Waals surface area contributed by atoms with Gasteiger partial charge in [-0.05, 0) is 49.1 Å². The Hall–Kier alpha value is -2.30. The highest BCUT2D eigenvalue weighted by Gasteiger charge is 2.28. The summed E-state index contributed by atoms with van der Waals surface area (Å²) in [6.07, 6.45) is 3.90. The molecule has 0 spiro atoms. The van der Waals surface area contributed by atoms with Crippen LogP contribution in [-0.2, 0) is 11.3 Å². The summed E-state index contributed by atoms with van der Waals surface area (Å²) in [5.74, 6) is -0.694. The molecule has 0 radical (unpaired) electrons. The Morgan fingerprint density at radius 1 is 1.43 bits per heavy atom. The van der Waals surface area contributed by atoms with Crippen LogP contribution in [0.5, 0.6) is 0 Å². The molecule has 110 valence electrons. The number of nitrogens with zero attached hydrogens (tertiary/aromatic N) is 1. The number of aromatic nitrogens is 1. The van der Waals surface area contributed by atoms with Crippen LogP contribution in [0.15, 0.2) is 30.5 Å². The molecule has 2 N–H and O–H groups in total. The molecule has 0 unspecified atom stereocenters. The lowest BCUT2D eigenvalue weighted by Gasteiger charge is -2.09. The summed E-state index contributed by atoms with van der Waals surface area (Å²) in [4.78, 5) is 12.2. The van der Waals surface area contributed by atoms with E-state index < -0.39 is 5.97 Å². The van der Waals surface area contributed by atoms with Crippen LogP contribution in [0.3, 0.4) is 0 Å². The van der Waals surface area contributed by atoms with Gasteiger partial charge in [-0.3, -0.25) is 0 Å². The second-order valence-corrected chi connectivity index (χ2v) is 5.44. The Morgan fingerprint density at radius 2 is 2.19 bits per heavy atom. The largest absolute Gasteiger partial charge is 0.456 e. The number of nitrogens with two attached hydrogens (primary N) is 1. The van der Waals surface area contributed by atoms with E-state index in [4.69, 9.17) is 10.5 Å². The number of nitrogen functional groups attached to an aromatic ring is 1. The van der Waals surface area contributed by atoms with Crippen LogP contribution in [0.4, 0.5) is 10.1 Å². The Bertz CT molecular complexity index is 690. The first-order valence-electron chi connectivity index (χ1n) is 6.94. The van der Waals surface area contributed by atoms with Gasteiger partial charge in [-0.1, -0.05) is 6.07 Å². The van der Waals surface area contributed by atoms with Crippen molar-refractivity contribution >= 4 is 11.7 Å². The van der Waals surface area contributed by atoms with Gasteiger partial charge in [-0.25, -0.2) is 9.18 Å². The van der Waals surface area contributed by atoms with Gasteiger partial charge in [0.15, 0.2) is 0 Å². The number of carbonyl (C=O) groups excluding carboxylic acids is 1. The number of hydrogen-bond acceptors (Lipinski definition) is 3. The van der Waals surface area contributed by atoms with Crippen LogP contribution in [-0.4, -0.2) is 10.5 Å². The van der Waals surface area contributed by atoms with Gasteiger partial charge >= 0.3 is 5.97 Å². The minimum absolute atomic E-state index is 0.126. The molecule has 1 saturated carbocycles. The molecule has 0 saturated heterocycles. The number of benzene rings is 1. The maximum absolute atomic E-state index is 13.0. The van der Waals surface area contributed by atoms with Gasteiger partial charge in [0.2, 0.25) is 0 Å². The van der Waals surface area contributed by atoms with Crippen LogP contribution in [0.2, 0.25) is 0 Å². The van der Waals surface area contributed by atoms with Gasteiger partial charge in [0.25, 0.3) is 0 Å². The van der Waals surface area contributed by atoms with Crippen molar-refractivity contribution in [1.29, 1.82) is 0 Å². The first-order chi connectivity index (χ1) is 10.0. The standard InChI is InChI=1S/C16H17FN2O2/c1-10-6-12(17)3-2-11(10)9-21-16(20)15-7-13(18)8-19(15)14-4-5-14/h2-3,6-8,14H,4-5,9,18H2,1H3. The summed E-state index contributed by atoms with van der Waals surface area (Å²) in [7, 11) is 0. The first-order valence-corrected chi connectivity index (χ1v) is 6.94. The lowest BCUT2D eigenvalue weighted by molar-refractivity contribution is 0.0459. The number of hydrogen-bond donors (Lipinski definition) is 1. The summed E-state index contributed by atoms with van der Waals surface area (Å²) in [6, 6.07) is 6.41. The smallest absolute Gasteiger partial charge is 0.355 e. The van der Waals surface area contributed by atoms with Crippen molar-refractivity contribution in [3.05, 3.63) is 53.1 Å². The Labute approximate surface area is 122 Å². The van der Waals surface area contributed by atoms with E-state index in [1.165, 1.54) is 12.1 Å². The minimum Gasteiger partial charge on any atom is -0.456 e. The molecular formula is C16H17FN2O2. The van der Waals surface area contributed by atoms with E-state index in [-0.39, 0.29) is 12.4 Å². The number of carbonyl (C=O) groups is 1. The van der Waals surface area contributed by atoms with Gasteiger partial charge in [0.05, 0.1) is 5.69 Å². The molecule has 21 heavy (non-hydrogen) atoms. The van der Waals surface area contributed by atoms with Crippen LogP contribution in [0, 0.1) is 12.7 Å². The molecule has 1 heterocycles. The SMILES string of the molecule is Cc1cc(F)ccc1COC(=O)c1cc(N)cn1C1CC1. The van der Waals surface area contributed by atoms with Crippen molar-refractivity contribution < 1.29 is 13.9 Å². The lowest BCUT2D eigenvalue weighted by Crippen LogP contribution is -2.11. The van der Waals surface area contributed by atoms with Gasteiger partial charge < -0.3 is 15.0 Å². The highest BCUT2D eigenvalue weighted by atomic mass is 19.1. The average molecular weight is 288 g/mol. The molecule has 1 aromatic carbocycles. The third kappa shape index (κ3) is 2.91. The molecular weight excluding hydrogens is 271 g/mol. The predicted octanol–water partition coefficient (Wildman–Crippen LogP) is 3.21. The molecule has 1 aliphatic carbocycles. The van der Waals surface area contributed by atoms with Crippen molar-refractivity contribution in [2.75, 3.05) is 5.73 Å². The fourth-order valence-corrected chi connectivity index (χ4v) is 2.36. The van der Waals surface area contributed by atoms with Crippen molar-refractivity contribution in [3.8, 4) is 0 Å². The van der Waals surface area contributed by atoms with Crippen LogP contribution < -0.4 is 5.73 Å². The molecule has 5 heteroatoms. The number of anilines is 1. The molecule has 4 nitrogen and oxygen atoms in total. The maximum Gasteiger partial charge on any atom is 0.355 e. The van der Waals surface area contributed by atoms with Crippen molar-refractivity contribution in [2.45, 2.75) is 32.4 Å². The third-order valence-corrected chi connectivity index (χ3v) is 3.68. The number of ether oxygens (including phenoxy) is 1. The summed E-state index contributed by atoms with van der Waals surface area (Å²) in [5.41, 5.74) is 8.36. The van der Waals surface area contributed by atoms with Crippen LogP contribution >= 0.6 is 0 Å². The van der Waals surface area contributed by atoms with Crippen molar-refractivity contribution in [3.63, 3.8) is 0 Å². The summed E-state index contributed by atoms with van der Waals surface area (Å²) in [5, 5.41) is 0. The summed E-state index contributed by atoms with van der Waals surface area (Å²) >= 11 is 0. The minimum atomic E-state index is -0.401. The third-order valence-electron chi connectivity index (χ3n) is 3.68. The zero-order valence-corrected chi connectivity index (χ0v) is 11.8. The molecule has 0 aliphatic heterocycles. The molecule has 0 atom stereocenters. The number of esters is 1. The van der Waals surface area contributed by atoms with E-state index in [2.05, 4.69) is 0 Å². The summed E-state index contributed by atoms with van der Waals surface area (Å²) in [6.45, 7) is 1.91. The second kappa shape index (κ2) is 5.24. The van der Waals surface area contributed by atoms with Gasteiger partial charge in [-0.15, -0.1) is 0 Å². The molecule has 2 aromatic rings. The molecule has 1 aliphatic rings. The Morgan fingerprint density at radius 3 is 2.86 bits per heavy atom. The van der Waals surface area contributed by atoms with E-state index >= 15 is 0 Å². The number of rotatable bonds is 4. The zero-order valence-electron chi connectivity index (χ0n) is 11.8. The van der Waals surface area contributed by atoms with Crippen molar-refractivity contribution in [1.82, 2.24) is 4.57 Å². The van der Waals surface area contributed by atoms with E-state index in [9.17, 15) is 9.18 Å². The fraction of sp³-hybridized carbons (Fsp3) is 0.312. The van der Waals surface area contributed by atoms with Gasteiger partial charge in [-0.2, -0.15) is 0 Å². The molecule has 0 bridgehead atoms. The van der Waals surface area contributed by atoms with Crippen LogP contribution in [0.1, 0.15) is 40.5 Å². The number of aryl methyl sites for hydroxylation is 1. The molecule has 0 amide bonds. The highest BCUT2D eigenvalue weighted by molar-refractivity contribution is 5.89. The topological polar surface area (TPSA) is 57.2 Å². The highest BCUT2D eigenvalue weighted by Crippen LogP contribution is 2.37. The van der Waals surface area contributed by atoms with Crippen molar-refractivity contribution in [2.24, 2.45) is 0 Å². The Kier molecular flexibility index (Phi) is 3.41. The second-order valence-electron chi connectivity index (χ2n) is 5.44. The van der Waals surface area contributed by atoms with E-state index in [0.717, 1.165) is 24.0 Å². The Balaban J connectivity index is 1.72. The average Bonchev–Trinajstić information content (AvgIpc) is 3.20. The van der Waals surface area contributed by atoms with E-state index in [0.29, 0.717) is 17.4 Å². The molecule has 1 aromatic heterocycles. The van der Waals surface area contributed by atoms with Gasteiger partial charge in [0.1, 0.15) is 18.1 Å². The van der Waals surface area contributed by atoms with E-state index in [1.54, 1.807) is 25.3 Å². The first kappa shape index (κ1) is 13.7. The monoisotopic (exact) mass is 288 g/mol. The van der Waals surface area contributed by atoms with E-state index in [1.807, 2.05) is 4.57 Å². The summed E-state index contributed by atoms with van der Waals surface area (Å²) < 4.78 is 20.3. The normalized spacial score (nSPS) is 14.2. The maximum atomic E-state index is 13.0. The lowest BCUT2D eigenvalue weighted by atomic mass is 10.1. The molecule has 1 fully saturated rings. The zero-order chi connectivity index (χ0) is 15.0. The quantitative estimate of drug-likeness (QED) is 0.879. The fourth-order valence-electron chi connectivity index (χ4n) is 2.36. The van der Waals surface area contributed by atoms with Gasteiger partial charge in [0, 0.05) is 12.2 Å². The number of halogens is 1. The van der Waals surface area contributed by atoms with Crippen LogP contribution in [0.25, 0.3) is 0 Å². The predicted molar refractivity (Wildman–Crippen MR) is 77.4 cm³/mol.